The molecule has 28 heavy (non-hydrogen) atoms. The summed E-state index contributed by atoms with van der Waals surface area (Å²) in [5, 5.41) is 0. The first-order chi connectivity index (χ1) is 13.1. The molecule has 0 N–H and O–H groups in total. The molecule has 3 aliphatic rings. The number of piperidine rings is 1. The normalized spacial score (nSPS) is 33.2. The van der Waals surface area contributed by atoms with Crippen molar-refractivity contribution in [3.8, 4) is 0 Å². The van der Waals surface area contributed by atoms with Crippen LogP contribution in [-0.2, 0) is 23.7 Å². The molecule has 2 heterocycles. The number of hydrogen-bond acceptors (Lipinski definition) is 2. The summed E-state index contributed by atoms with van der Waals surface area (Å²) in [5.74, 6) is 2.37. The summed E-state index contributed by atoms with van der Waals surface area (Å²) < 4.78 is 6.53. The first-order valence-corrected chi connectivity index (χ1v) is 11.0. The van der Waals surface area contributed by atoms with E-state index in [4.69, 9.17) is 4.42 Å². The van der Waals surface area contributed by atoms with Gasteiger partial charge in [-0.2, -0.15) is 0 Å². The Morgan fingerprint density at radius 1 is 1.04 bits per heavy atom. The van der Waals surface area contributed by atoms with E-state index in [1.165, 1.54) is 47.4 Å². The molecule has 1 aromatic heterocycles. The molecular formula is C26H35NO. The predicted octanol–water partition coefficient (Wildman–Crippen LogP) is 5.55. The van der Waals surface area contributed by atoms with Crippen molar-refractivity contribution < 1.29 is 4.42 Å². The van der Waals surface area contributed by atoms with Gasteiger partial charge in [-0.25, -0.2) is 0 Å². The van der Waals surface area contributed by atoms with Crippen LogP contribution in [0.2, 0.25) is 0 Å². The van der Waals surface area contributed by atoms with Gasteiger partial charge in [0.05, 0.1) is 0 Å². The second-order valence-corrected chi connectivity index (χ2v) is 10.7. The summed E-state index contributed by atoms with van der Waals surface area (Å²) in [6, 6.07) is 5.35. The molecule has 0 saturated carbocycles. The summed E-state index contributed by atoms with van der Waals surface area (Å²) in [6.45, 7) is 17.8. The Hall–Kier alpha value is -1.54. The zero-order valence-electron chi connectivity index (χ0n) is 18.9. The van der Waals surface area contributed by atoms with Crippen LogP contribution in [0.3, 0.4) is 0 Å². The largest absolute Gasteiger partial charge is 0.465 e. The standard InChI is InChI=1S/C26H35NO/c1-15-9-10-19-13-21-25(7)14-20-17(3)18(4)28-23(20)24(5,6)26(25,11-12-27(21)8)22(19)16(15)2/h9-10,21H,11-14H2,1-8H3/t21?,25-,26-/m0/s1. The number of fused-ring (bicyclic) bond motifs is 2. The zero-order chi connectivity index (χ0) is 20.2. The van der Waals surface area contributed by atoms with E-state index in [1.54, 1.807) is 11.1 Å². The van der Waals surface area contributed by atoms with Crippen LogP contribution in [0.25, 0.3) is 0 Å². The fourth-order valence-corrected chi connectivity index (χ4v) is 7.75. The van der Waals surface area contributed by atoms with Crippen LogP contribution < -0.4 is 0 Å². The average Bonchev–Trinajstić information content (AvgIpc) is 2.90. The van der Waals surface area contributed by atoms with Crippen molar-refractivity contribution in [2.75, 3.05) is 13.6 Å². The highest BCUT2D eigenvalue weighted by molar-refractivity contribution is 5.57. The summed E-state index contributed by atoms with van der Waals surface area (Å²) in [7, 11) is 2.35. The molecule has 1 aliphatic heterocycles. The number of hydrogen-bond donors (Lipinski definition) is 0. The van der Waals surface area contributed by atoms with Crippen molar-refractivity contribution in [3.05, 3.63) is 57.0 Å². The number of rotatable bonds is 0. The lowest BCUT2D eigenvalue weighted by Gasteiger charge is -2.69. The fourth-order valence-electron chi connectivity index (χ4n) is 7.75. The SMILES string of the molecule is Cc1ccc2c(c1C)[C@]13CCN(C)C(C2)[C@]1(C)Cc1c(oc(C)c1C)C3(C)C. The number of likely N-dealkylation sites (N-methyl/N-ethyl adjacent to an activating group) is 1. The molecule has 5 rings (SSSR count). The van der Waals surface area contributed by atoms with Gasteiger partial charge in [-0.05, 0) is 99.3 Å². The zero-order valence-corrected chi connectivity index (χ0v) is 18.9. The van der Waals surface area contributed by atoms with Crippen LogP contribution in [0.4, 0.5) is 0 Å². The number of benzene rings is 1. The molecule has 2 aromatic rings. The molecule has 2 aliphatic carbocycles. The van der Waals surface area contributed by atoms with Gasteiger partial charge in [0, 0.05) is 16.9 Å². The first kappa shape index (κ1) is 18.5. The van der Waals surface area contributed by atoms with Crippen LogP contribution in [0.1, 0.15) is 72.1 Å². The van der Waals surface area contributed by atoms with Gasteiger partial charge in [-0.3, -0.25) is 0 Å². The Morgan fingerprint density at radius 2 is 1.75 bits per heavy atom. The van der Waals surface area contributed by atoms with Crippen molar-refractivity contribution in [1.82, 2.24) is 4.90 Å². The van der Waals surface area contributed by atoms with Crippen LogP contribution in [0.15, 0.2) is 16.5 Å². The van der Waals surface area contributed by atoms with Crippen molar-refractivity contribution in [2.24, 2.45) is 5.41 Å². The molecule has 2 bridgehead atoms. The summed E-state index contributed by atoms with van der Waals surface area (Å²) >= 11 is 0. The van der Waals surface area contributed by atoms with Gasteiger partial charge in [-0.1, -0.05) is 32.9 Å². The van der Waals surface area contributed by atoms with Crippen LogP contribution in [-0.4, -0.2) is 24.5 Å². The number of nitrogens with zero attached hydrogens (tertiary/aromatic N) is 1. The van der Waals surface area contributed by atoms with E-state index >= 15 is 0 Å². The van der Waals surface area contributed by atoms with E-state index in [-0.39, 0.29) is 16.2 Å². The maximum Gasteiger partial charge on any atom is 0.114 e. The molecule has 0 spiro atoms. The Kier molecular flexibility index (Phi) is 3.52. The summed E-state index contributed by atoms with van der Waals surface area (Å²) in [5.41, 5.74) is 9.36. The smallest absolute Gasteiger partial charge is 0.114 e. The van der Waals surface area contributed by atoms with Crippen molar-refractivity contribution >= 4 is 0 Å². The quantitative estimate of drug-likeness (QED) is 0.598. The van der Waals surface area contributed by atoms with Crippen LogP contribution >= 0.6 is 0 Å². The highest BCUT2D eigenvalue weighted by atomic mass is 16.3. The van der Waals surface area contributed by atoms with Crippen LogP contribution in [0.5, 0.6) is 0 Å². The molecule has 0 radical (unpaired) electrons. The second-order valence-electron chi connectivity index (χ2n) is 10.7. The van der Waals surface area contributed by atoms with E-state index in [2.05, 4.69) is 72.5 Å². The molecule has 3 atom stereocenters. The monoisotopic (exact) mass is 377 g/mol. The van der Waals surface area contributed by atoms with Gasteiger partial charge in [0.15, 0.2) is 0 Å². The van der Waals surface area contributed by atoms with E-state index in [9.17, 15) is 0 Å². The van der Waals surface area contributed by atoms with Gasteiger partial charge >= 0.3 is 0 Å². The van der Waals surface area contributed by atoms with Crippen LogP contribution in [0, 0.1) is 33.1 Å². The van der Waals surface area contributed by atoms with Gasteiger partial charge in [-0.15, -0.1) is 0 Å². The molecule has 1 unspecified atom stereocenters. The third-order valence-electron chi connectivity index (χ3n) is 9.43. The topological polar surface area (TPSA) is 16.4 Å². The first-order valence-electron chi connectivity index (χ1n) is 11.0. The molecule has 1 fully saturated rings. The summed E-state index contributed by atoms with van der Waals surface area (Å²) in [6.07, 6.45) is 3.52. The molecule has 0 amide bonds. The van der Waals surface area contributed by atoms with Crippen molar-refractivity contribution in [2.45, 2.75) is 84.6 Å². The third kappa shape index (κ3) is 1.80. The van der Waals surface area contributed by atoms with E-state index in [0.717, 1.165) is 12.2 Å². The number of furan rings is 1. The maximum absolute atomic E-state index is 6.53. The van der Waals surface area contributed by atoms with E-state index in [0.29, 0.717) is 6.04 Å². The molecular weight excluding hydrogens is 342 g/mol. The fraction of sp³-hybridized carbons (Fsp3) is 0.615. The number of aryl methyl sites for hydroxylation is 2. The minimum Gasteiger partial charge on any atom is -0.465 e. The second kappa shape index (κ2) is 5.33. The van der Waals surface area contributed by atoms with Gasteiger partial charge in [0.1, 0.15) is 11.5 Å². The Balaban J connectivity index is 1.93. The minimum atomic E-state index is -0.0262. The number of likely N-dealkylation sites (tertiary alicyclic amines) is 1. The van der Waals surface area contributed by atoms with Gasteiger partial charge in [0.25, 0.3) is 0 Å². The van der Waals surface area contributed by atoms with E-state index in [1.807, 2.05) is 0 Å². The third-order valence-corrected chi connectivity index (χ3v) is 9.43. The van der Waals surface area contributed by atoms with Crippen molar-refractivity contribution in [1.29, 1.82) is 0 Å². The molecule has 150 valence electrons. The minimum absolute atomic E-state index is 0.0262. The average molecular weight is 378 g/mol. The highest BCUT2D eigenvalue weighted by Gasteiger charge is 2.69. The van der Waals surface area contributed by atoms with Gasteiger partial charge in [0.2, 0.25) is 0 Å². The predicted molar refractivity (Wildman–Crippen MR) is 115 cm³/mol. The Morgan fingerprint density at radius 3 is 2.46 bits per heavy atom. The lowest BCUT2D eigenvalue weighted by molar-refractivity contribution is -0.0939. The van der Waals surface area contributed by atoms with Crippen molar-refractivity contribution in [3.63, 3.8) is 0 Å². The summed E-state index contributed by atoms with van der Waals surface area (Å²) in [4.78, 5) is 2.65. The molecule has 2 nitrogen and oxygen atoms in total. The van der Waals surface area contributed by atoms with E-state index < -0.39 is 0 Å². The van der Waals surface area contributed by atoms with Gasteiger partial charge < -0.3 is 9.32 Å². The highest BCUT2D eigenvalue weighted by Crippen LogP contribution is 2.69. The maximum atomic E-state index is 6.53. The molecule has 2 heteroatoms. The Labute approximate surface area is 170 Å². The molecule has 1 aromatic carbocycles. The molecule has 1 saturated heterocycles. The lowest BCUT2D eigenvalue weighted by atomic mass is 9.37. The lowest BCUT2D eigenvalue weighted by Crippen LogP contribution is -2.72. The Bertz CT molecular complexity index is 996.